The van der Waals surface area contributed by atoms with Crippen molar-refractivity contribution in [2.45, 2.75) is 44.7 Å². The lowest BCUT2D eigenvalue weighted by atomic mass is 9.91. The van der Waals surface area contributed by atoms with Crippen molar-refractivity contribution in [1.29, 1.82) is 0 Å². The second kappa shape index (κ2) is 8.78. The average Bonchev–Trinajstić information content (AvgIpc) is 2.65. The van der Waals surface area contributed by atoms with Gasteiger partial charge in [0, 0.05) is 49.2 Å². The van der Waals surface area contributed by atoms with Gasteiger partial charge in [-0.3, -0.25) is 4.79 Å². The molecule has 7 heteroatoms. The van der Waals surface area contributed by atoms with Gasteiger partial charge in [0.15, 0.2) is 0 Å². The molecule has 1 saturated carbocycles. The van der Waals surface area contributed by atoms with Crippen LogP contribution in [0.25, 0.3) is 0 Å². The predicted octanol–water partition coefficient (Wildman–Crippen LogP) is 4.40. The van der Waals surface area contributed by atoms with Gasteiger partial charge < -0.3 is 15.5 Å². The topological polar surface area (TPSA) is 57.3 Å². The molecule has 5 nitrogen and oxygen atoms in total. The van der Waals surface area contributed by atoms with Crippen molar-refractivity contribution < 1.29 is 9.18 Å². The van der Waals surface area contributed by atoms with Crippen LogP contribution in [-0.4, -0.2) is 37.1 Å². The normalized spacial score (nSPS) is 19.2. The molecular formula is C21H26ClFN4O. The van der Waals surface area contributed by atoms with E-state index in [1.807, 2.05) is 21.0 Å². The molecule has 28 heavy (non-hydrogen) atoms. The molecule has 1 amide bonds. The van der Waals surface area contributed by atoms with Crippen LogP contribution in [0.15, 0.2) is 30.3 Å². The maximum Gasteiger partial charge on any atom is 0.251 e. The lowest BCUT2D eigenvalue weighted by Gasteiger charge is -2.30. The number of carbonyl (C=O) groups is 1. The molecule has 0 aliphatic heterocycles. The molecule has 3 rings (SSSR count). The molecule has 0 unspecified atom stereocenters. The number of anilines is 2. The Morgan fingerprint density at radius 2 is 1.82 bits per heavy atom. The third-order valence-corrected chi connectivity index (χ3v) is 5.34. The number of nitrogens with one attached hydrogen (secondary N) is 2. The van der Waals surface area contributed by atoms with Gasteiger partial charge in [-0.15, -0.1) is 0 Å². The Morgan fingerprint density at radius 1 is 1.14 bits per heavy atom. The van der Waals surface area contributed by atoms with E-state index in [0.29, 0.717) is 11.6 Å². The van der Waals surface area contributed by atoms with Gasteiger partial charge in [0.1, 0.15) is 11.6 Å². The van der Waals surface area contributed by atoms with Gasteiger partial charge in [-0.05, 0) is 56.9 Å². The van der Waals surface area contributed by atoms with Crippen molar-refractivity contribution in [1.82, 2.24) is 10.3 Å². The summed E-state index contributed by atoms with van der Waals surface area (Å²) in [7, 11) is 4.03. The molecule has 0 atom stereocenters. The zero-order valence-electron chi connectivity index (χ0n) is 16.4. The number of aryl methyl sites for hydroxylation is 1. The van der Waals surface area contributed by atoms with Crippen molar-refractivity contribution >= 4 is 29.0 Å². The first-order valence-electron chi connectivity index (χ1n) is 9.50. The molecule has 1 aliphatic rings. The standard InChI is InChI=1S/C21H26ClFN4O/c1-13-10-17(27(2)3)12-20(24-13)25-15-5-7-16(8-6-15)26-21(28)14-4-9-19(23)18(22)11-14/h4,9-12,15-16H,5-8H2,1-3H3,(H,24,25)(H,26,28)/t15-,16+. The molecule has 1 heterocycles. The van der Waals surface area contributed by atoms with Gasteiger partial charge in [0.2, 0.25) is 0 Å². The summed E-state index contributed by atoms with van der Waals surface area (Å²) in [6, 6.07) is 8.59. The number of halogens is 2. The van der Waals surface area contributed by atoms with Crippen LogP contribution in [-0.2, 0) is 0 Å². The van der Waals surface area contributed by atoms with Crippen LogP contribution in [0.4, 0.5) is 15.9 Å². The van der Waals surface area contributed by atoms with E-state index < -0.39 is 5.82 Å². The summed E-state index contributed by atoms with van der Waals surface area (Å²) < 4.78 is 13.3. The molecule has 2 N–H and O–H groups in total. The van der Waals surface area contributed by atoms with E-state index in [1.54, 1.807) is 0 Å². The summed E-state index contributed by atoms with van der Waals surface area (Å²) in [5, 5.41) is 6.52. The largest absolute Gasteiger partial charge is 0.377 e. The minimum Gasteiger partial charge on any atom is -0.377 e. The molecule has 0 radical (unpaired) electrons. The number of hydrogen-bond acceptors (Lipinski definition) is 4. The van der Waals surface area contributed by atoms with E-state index in [1.165, 1.54) is 18.2 Å². The van der Waals surface area contributed by atoms with E-state index >= 15 is 0 Å². The fourth-order valence-electron chi connectivity index (χ4n) is 3.48. The summed E-state index contributed by atoms with van der Waals surface area (Å²) >= 11 is 5.77. The van der Waals surface area contributed by atoms with Gasteiger partial charge in [-0.1, -0.05) is 11.6 Å². The molecule has 1 aromatic heterocycles. The fraction of sp³-hybridized carbons (Fsp3) is 0.429. The van der Waals surface area contributed by atoms with E-state index in [9.17, 15) is 9.18 Å². The molecule has 150 valence electrons. The highest BCUT2D eigenvalue weighted by atomic mass is 35.5. The fourth-order valence-corrected chi connectivity index (χ4v) is 3.66. The van der Waals surface area contributed by atoms with E-state index in [4.69, 9.17) is 11.6 Å². The minimum atomic E-state index is -0.521. The third-order valence-electron chi connectivity index (χ3n) is 5.05. The van der Waals surface area contributed by atoms with Crippen molar-refractivity contribution in [3.63, 3.8) is 0 Å². The number of carbonyl (C=O) groups excluding carboxylic acids is 1. The SMILES string of the molecule is Cc1cc(N(C)C)cc(N[C@H]2CC[C@@H](NC(=O)c3ccc(F)c(Cl)c3)CC2)n1. The number of benzene rings is 1. The zero-order chi connectivity index (χ0) is 20.3. The summed E-state index contributed by atoms with van der Waals surface area (Å²) in [5.41, 5.74) is 2.48. The van der Waals surface area contributed by atoms with Crippen LogP contribution in [0.5, 0.6) is 0 Å². The van der Waals surface area contributed by atoms with Crippen LogP contribution in [0, 0.1) is 12.7 Å². The van der Waals surface area contributed by atoms with Crippen molar-refractivity contribution in [3.8, 4) is 0 Å². The average molecular weight is 405 g/mol. The van der Waals surface area contributed by atoms with Crippen molar-refractivity contribution in [3.05, 3.63) is 52.4 Å². The highest BCUT2D eigenvalue weighted by Crippen LogP contribution is 2.24. The molecule has 2 aromatic rings. The molecule has 1 aromatic carbocycles. The summed E-state index contributed by atoms with van der Waals surface area (Å²) in [6.45, 7) is 1.99. The molecule has 0 saturated heterocycles. The van der Waals surface area contributed by atoms with Crippen LogP contribution in [0.1, 0.15) is 41.7 Å². The van der Waals surface area contributed by atoms with Crippen molar-refractivity contribution in [2.24, 2.45) is 0 Å². The Morgan fingerprint density at radius 3 is 2.46 bits per heavy atom. The van der Waals surface area contributed by atoms with Crippen LogP contribution in [0.2, 0.25) is 5.02 Å². The number of hydrogen-bond donors (Lipinski definition) is 2. The Balaban J connectivity index is 1.53. The smallest absolute Gasteiger partial charge is 0.251 e. The van der Waals surface area contributed by atoms with Gasteiger partial charge in [0.05, 0.1) is 5.02 Å². The third kappa shape index (κ3) is 5.13. The first-order valence-corrected chi connectivity index (χ1v) is 9.88. The number of rotatable bonds is 5. The highest BCUT2D eigenvalue weighted by Gasteiger charge is 2.23. The van der Waals surface area contributed by atoms with Crippen molar-refractivity contribution in [2.75, 3.05) is 24.3 Å². The van der Waals surface area contributed by atoms with Gasteiger partial charge in [-0.25, -0.2) is 9.37 Å². The van der Waals surface area contributed by atoms with Gasteiger partial charge >= 0.3 is 0 Å². The first-order chi connectivity index (χ1) is 13.3. The maximum absolute atomic E-state index is 13.3. The lowest BCUT2D eigenvalue weighted by molar-refractivity contribution is 0.0926. The number of amides is 1. The summed E-state index contributed by atoms with van der Waals surface area (Å²) in [5.74, 6) is 0.151. The number of aromatic nitrogens is 1. The Labute approximate surface area is 170 Å². The Bertz CT molecular complexity index is 850. The van der Waals surface area contributed by atoms with Crippen LogP contribution < -0.4 is 15.5 Å². The molecule has 0 bridgehead atoms. The summed E-state index contributed by atoms with van der Waals surface area (Å²) in [6.07, 6.45) is 3.65. The van der Waals surface area contributed by atoms with Gasteiger partial charge in [0.25, 0.3) is 5.91 Å². The molecular weight excluding hydrogens is 379 g/mol. The van der Waals surface area contributed by atoms with E-state index in [-0.39, 0.29) is 17.0 Å². The quantitative estimate of drug-likeness (QED) is 0.775. The number of pyridine rings is 1. The molecule has 1 fully saturated rings. The second-order valence-corrected chi connectivity index (χ2v) is 7.95. The lowest BCUT2D eigenvalue weighted by Crippen LogP contribution is -2.40. The second-order valence-electron chi connectivity index (χ2n) is 7.54. The van der Waals surface area contributed by atoms with E-state index in [2.05, 4.69) is 32.7 Å². The van der Waals surface area contributed by atoms with Crippen LogP contribution >= 0.6 is 11.6 Å². The minimum absolute atomic E-state index is 0.0386. The Kier molecular flexibility index (Phi) is 6.39. The highest BCUT2D eigenvalue weighted by molar-refractivity contribution is 6.31. The Hall–Kier alpha value is -2.34. The first kappa shape index (κ1) is 20.4. The predicted molar refractivity (Wildman–Crippen MR) is 112 cm³/mol. The summed E-state index contributed by atoms with van der Waals surface area (Å²) in [4.78, 5) is 19.0. The number of nitrogens with zero attached hydrogens (tertiary/aromatic N) is 2. The molecule has 1 aliphatic carbocycles. The zero-order valence-corrected chi connectivity index (χ0v) is 17.2. The maximum atomic E-state index is 13.3. The molecule has 0 spiro atoms. The van der Waals surface area contributed by atoms with Crippen LogP contribution in [0.3, 0.4) is 0 Å². The monoisotopic (exact) mass is 404 g/mol. The van der Waals surface area contributed by atoms with E-state index in [0.717, 1.165) is 42.9 Å². The van der Waals surface area contributed by atoms with Gasteiger partial charge in [-0.2, -0.15) is 0 Å².